The maximum absolute atomic E-state index is 11.9. The van der Waals surface area contributed by atoms with Gasteiger partial charge in [-0.2, -0.15) is 0 Å². The number of allylic oxidation sites excluding steroid dienone is 5. The van der Waals surface area contributed by atoms with Crippen molar-refractivity contribution in [2.24, 2.45) is 11.3 Å². The number of aromatic hydroxyl groups is 1. The third kappa shape index (κ3) is 7.48. The van der Waals surface area contributed by atoms with E-state index in [1.807, 2.05) is 13.0 Å². The standard InChI is InChI=1S/C28H40O5/c1-18(11-14-23-25(30)17-21(4)32-27(23)31)9-8-10-19(2)12-15-24-20(3)13-16-26(28(24,6)7)33-22(5)29/h10-11,17,24,26,30H,3,8-9,12-16H2,1-2,4-7H3/b18-11+,19-10+/t24-,26+/m1/s1. The van der Waals surface area contributed by atoms with Gasteiger partial charge < -0.3 is 14.3 Å². The number of carbonyl (C=O) groups is 1. The molecule has 0 bridgehead atoms. The normalized spacial score (nSPS) is 21.2. The minimum atomic E-state index is -0.476. The Kier molecular flexibility index (Phi) is 9.33. The molecular weight excluding hydrogens is 416 g/mol. The molecule has 1 aliphatic rings. The molecule has 1 heterocycles. The van der Waals surface area contributed by atoms with Crippen molar-refractivity contribution in [1.82, 2.24) is 0 Å². The predicted molar refractivity (Wildman–Crippen MR) is 132 cm³/mol. The second-order valence-corrected chi connectivity index (χ2v) is 10.1. The topological polar surface area (TPSA) is 76.7 Å². The fourth-order valence-electron chi connectivity index (χ4n) is 4.81. The molecule has 0 amide bonds. The third-order valence-corrected chi connectivity index (χ3v) is 6.92. The minimum absolute atomic E-state index is 0.00768. The van der Waals surface area contributed by atoms with Crippen LogP contribution >= 0.6 is 0 Å². The zero-order valence-corrected chi connectivity index (χ0v) is 21.1. The highest BCUT2D eigenvalue weighted by Crippen LogP contribution is 2.47. The highest BCUT2D eigenvalue weighted by Gasteiger charge is 2.43. The zero-order chi connectivity index (χ0) is 24.8. The molecule has 1 aromatic rings. The van der Waals surface area contributed by atoms with Crippen LogP contribution in [0.3, 0.4) is 0 Å². The molecule has 1 fully saturated rings. The first kappa shape index (κ1) is 26.7. The molecule has 0 unspecified atom stereocenters. The Morgan fingerprint density at radius 3 is 2.55 bits per heavy atom. The van der Waals surface area contributed by atoms with Gasteiger partial charge in [0, 0.05) is 24.8 Å². The molecule has 2 rings (SSSR count). The van der Waals surface area contributed by atoms with Gasteiger partial charge in [-0.1, -0.05) is 49.3 Å². The Balaban J connectivity index is 1.88. The summed E-state index contributed by atoms with van der Waals surface area (Å²) in [6.07, 6.45) is 10.1. The number of esters is 1. The lowest BCUT2D eigenvalue weighted by molar-refractivity contribution is -0.156. The van der Waals surface area contributed by atoms with Gasteiger partial charge in [-0.15, -0.1) is 0 Å². The van der Waals surface area contributed by atoms with E-state index in [-0.39, 0.29) is 23.2 Å². The van der Waals surface area contributed by atoms with E-state index in [0.717, 1.165) is 38.5 Å². The number of ether oxygens (including phenoxy) is 1. The fourth-order valence-corrected chi connectivity index (χ4v) is 4.81. The van der Waals surface area contributed by atoms with E-state index in [4.69, 9.17) is 9.15 Å². The van der Waals surface area contributed by atoms with Crippen molar-refractivity contribution in [3.8, 4) is 5.75 Å². The lowest BCUT2D eigenvalue weighted by atomic mass is 9.63. The van der Waals surface area contributed by atoms with Crippen LogP contribution in [-0.4, -0.2) is 17.2 Å². The first-order chi connectivity index (χ1) is 15.4. The lowest BCUT2D eigenvalue weighted by Crippen LogP contribution is -2.43. The van der Waals surface area contributed by atoms with Crippen LogP contribution in [-0.2, 0) is 16.0 Å². The summed E-state index contributed by atoms with van der Waals surface area (Å²) < 4.78 is 10.7. The molecule has 1 aliphatic carbocycles. The molecule has 1 aromatic heterocycles. The molecule has 2 atom stereocenters. The van der Waals surface area contributed by atoms with Gasteiger partial charge in [0.25, 0.3) is 0 Å². The van der Waals surface area contributed by atoms with Crippen molar-refractivity contribution in [2.45, 2.75) is 92.6 Å². The number of carbonyl (C=O) groups excluding carboxylic acids is 1. The molecular formula is C28H40O5. The minimum Gasteiger partial charge on any atom is -0.507 e. The van der Waals surface area contributed by atoms with E-state index in [2.05, 4.69) is 33.4 Å². The largest absolute Gasteiger partial charge is 0.507 e. The Morgan fingerprint density at radius 1 is 1.24 bits per heavy atom. The van der Waals surface area contributed by atoms with E-state index >= 15 is 0 Å². The van der Waals surface area contributed by atoms with Gasteiger partial charge in [-0.25, -0.2) is 4.79 Å². The van der Waals surface area contributed by atoms with Gasteiger partial charge in [-0.3, -0.25) is 4.79 Å². The quantitative estimate of drug-likeness (QED) is 0.336. The van der Waals surface area contributed by atoms with Crippen molar-refractivity contribution in [1.29, 1.82) is 0 Å². The summed E-state index contributed by atoms with van der Waals surface area (Å²) in [4.78, 5) is 23.4. The Morgan fingerprint density at radius 2 is 1.91 bits per heavy atom. The van der Waals surface area contributed by atoms with Gasteiger partial charge in [0.2, 0.25) is 0 Å². The molecule has 182 valence electrons. The SMILES string of the molecule is C=C1CC[C@H](OC(C)=O)C(C)(C)[C@@H]1CC/C(C)=C/CC/C(C)=C/Cc1c(O)cc(C)oc1=O. The summed E-state index contributed by atoms with van der Waals surface area (Å²) in [5.41, 5.74) is 3.49. The van der Waals surface area contributed by atoms with Crippen molar-refractivity contribution >= 4 is 5.97 Å². The summed E-state index contributed by atoms with van der Waals surface area (Å²) in [6, 6.07) is 1.47. The van der Waals surface area contributed by atoms with Gasteiger partial charge in [-0.05, 0) is 65.2 Å². The van der Waals surface area contributed by atoms with Crippen LogP contribution in [0.5, 0.6) is 5.75 Å². The molecule has 5 nitrogen and oxygen atoms in total. The maximum atomic E-state index is 11.9. The first-order valence-electron chi connectivity index (χ1n) is 11.9. The second-order valence-electron chi connectivity index (χ2n) is 10.1. The highest BCUT2D eigenvalue weighted by atomic mass is 16.5. The van der Waals surface area contributed by atoms with Crippen LogP contribution in [0.2, 0.25) is 0 Å². The number of hydrogen-bond acceptors (Lipinski definition) is 5. The second kappa shape index (κ2) is 11.5. The molecule has 0 aliphatic heterocycles. The van der Waals surface area contributed by atoms with Crippen LogP contribution in [0.15, 0.2) is 50.7 Å². The fraction of sp³-hybridized carbons (Fsp3) is 0.571. The number of aryl methyl sites for hydroxylation is 1. The summed E-state index contributed by atoms with van der Waals surface area (Å²) in [6.45, 7) is 16.0. The van der Waals surface area contributed by atoms with Gasteiger partial charge in [0.1, 0.15) is 17.6 Å². The third-order valence-electron chi connectivity index (χ3n) is 6.92. The summed E-state index contributed by atoms with van der Waals surface area (Å²) >= 11 is 0. The molecule has 33 heavy (non-hydrogen) atoms. The van der Waals surface area contributed by atoms with E-state index in [0.29, 0.717) is 23.7 Å². The first-order valence-corrected chi connectivity index (χ1v) is 11.9. The van der Waals surface area contributed by atoms with Crippen LogP contribution in [0.4, 0.5) is 0 Å². The number of rotatable bonds is 9. The monoisotopic (exact) mass is 456 g/mol. The van der Waals surface area contributed by atoms with Gasteiger partial charge in [0.05, 0.1) is 5.56 Å². The zero-order valence-electron chi connectivity index (χ0n) is 21.1. The molecule has 1 saturated carbocycles. The van der Waals surface area contributed by atoms with E-state index in [1.165, 1.54) is 29.7 Å². The summed E-state index contributed by atoms with van der Waals surface area (Å²) in [7, 11) is 0. The average Bonchev–Trinajstić information content (AvgIpc) is 2.69. The lowest BCUT2D eigenvalue weighted by Gasteiger charge is -2.45. The van der Waals surface area contributed by atoms with E-state index in [1.54, 1.807) is 6.92 Å². The summed E-state index contributed by atoms with van der Waals surface area (Å²) in [5, 5.41) is 9.99. The van der Waals surface area contributed by atoms with E-state index < -0.39 is 5.63 Å². The average molecular weight is 457 g/mol. The van der Waals surface area contributed by atoms with Crippen LogP contribution in [0, 0.1) is 18.3 Å². The van der Waals surface area contributed by atoms with Crippen molar-refractivity contribution in [3.05, 3.63) is 63.3 Å². The van der Waals surface area contributed by atoms with Crippen molar-refractivity contribution in [2.75, 3.05) is 0 Å². The molecule has 0 saturated heterocycles. The predicted octanol–water partition coefficient (Wildman–Crippen LogP) is 6.57. The molecule has 0 radical (unpaired) electrons. The van der Waals surface area contributed by atoms with Gasteiger partial charge >= 0.3 is 11.6 Å². The Hall–Kier alpha value is -2.56. The Bertz CT molecular complexity index is 976. The van der Waals surface area contributed by atoms with Crippen LogP contribution < -0.4 is 5.63 Å². The molecule has 0 spiro atoms. The summed E-state index contributed by atoms with van der Waals surface area (Å²) in [5.74, 6) is 0.517. The molecule has 0 aromatic carbocycles. The van der Waals surface area contributed by atoms with Crippen molar-refractivity contribution in [3.63, 3.8) is 0 Å². The number of hydrogen-bond donors (Lipinski definition) is 1. The maximum Gasteiger partial charge on any atom is 0.343 e. The highest BCUT2D eigenvalue weighted by molar-refractivity contribution is 5.66. The van der Waals surface area contributed by atoms with Crippen LogP contribution in [0.25, 0.3) is 0 Å². The van der Waals surface area contributed by atoms with Crippen molar-refractivity contribution < 1.29 is 19.1 Å². The molecule has 1 N–H and O–H groups in total. The smallest absolute Gasteiger partial charge is 0.343 e. The Labute approximate surface area is 198 Å². The van der Waals surface area contributed by atoms with Crippen LogP contribution in [0.1, 0.15) is 84.5 Å². The van der Waals surface area contributed by atoms with Gasteiger partial charge in [0.15, 0.2) is 0 Å². The molecule has 5 heteroatoms. The van der Waals surface area contributed by atoms with E-state index in [9.17, 15) is 14.7 Å².